The lowest BCUT2D eigenvalue weighted by atomic mass is 10.1. The Kier molecular flexibility index (Phi) is 7.49. The Labute approximate surface area is 186 Å². The van der Waals surface area contributed by atoms with Crippen LogP contribution in [0.15, 0.2) is 65.3 Å². The molecule has 0 aliphatic heterocycles. The van der Waals surface area contributed by atoms with Crippen LogP contribution in [-0.2, 0) is 13.1 Å². The summed E-state index contributed by atoms with van der Waals surface area (Å²) in [6.07, 6.45) is 1.55. The van der Waals surface area contributed by atoms with Gasteiger partial charge < -0.3 is 24.9 Å². The third-order valence-corrected chi connectivity index (χ3v) is 4.82. The molecule has 0 unspecified atom stereocenters. The van der Waals surface area contributed by atoms with E-state index in [1.54, 1.807) is 23.3 Å². The summed E-state index contributed by atoms with van der Waals surface area (Å²) >= 11 is 0. The number of amides is 3. The monoisotopic (exact) mass is 438 g/mol. The number of nitrogens with zero attached hydrogens (tertiary/aromatic N) is 2. The number of nitrogens with one attached hydrogen (secondary N) is 2. The van der Waals surface area contributed by atoms with Gasteiger partial charge in [-0.1, -0.05) is 0 Å². The minimum absolute atomic E-state index is 0.240. The van der Waals surface area contributed by atoms with Crippen molar-refractivity contribution in [3.8, 4) is 0 Å². The fraction of sp³-hybridized carbons (Fsp3) is 0.250. The summed E-state index contributed by atoms with van der Waals surface area (Å²) in [5.74, 6) is -0.0326. The van der Waals surface area contributed by atoms with Crippen molar-refractivity contribution in [3.05, 3.63) is 83.6 Å². The molecular formula is C24H27FN4O3. The molecule has 3 amide bonds. The van der Waals surface area contributed by atoms with Gasteiger partial charge in [-0.05, 0) is 67.1 Å². The molecule has 0 spiro atoms. The normalized spacial score (nSPS) is 10.5. The maximum Gasteiger partial charge on any atom is 0.319 e. The Balaban J connectivity index is 1.93. The summed E-state index contributed by atoms with van der Waals surface area (Å²) in [6, 6.07) is 14.3. The van der Waals surface area contributed by atoms with Crippen molar-refractivity contribution in [1.29, 1.82) is 0 Å². The van der Waals surface area contributed by atoms with Crippen LogP contribution >= 0.6 is 0 Å². The molecule has 0 saturated heterocycles. The van der Waals surface area contributed by atoms with Crippen molar-refractivity contribution in [1.82, 2.24) is 10.2 Å². The fourth-order valence-electron chi connectivity index (χ4n) is 3.33. The molecule has 7 nitrogen and oxygen atoms in total. The third-order valence-electron chi connectivity index (χ3n) is 4.82. The maximum atomic E-state index is 13.4. The van der Waals surface area contributed by atoms with E-state index in [0.29, 0.717) is 23.6 Å². The minimum Gasteiger partial charge on any atom is -0.467 e. The van der Waals surface area contributed by atoms with Crippen molar-refractivity contribution < 1.29 is 18.4 Å². The van der Waals surface area contributed by atoms with E-state index in [1.807, 2.05) is 44.1 Å². The molecule has 0 fully saturated rings. The van der Waals surface area contributed by atoms with Crippen LogP contribution in [0.5, 0.6) is 0 Å². The smallest absolute Gasteiger partial charge is 0.319 e. The largest absolute Gasteiger partial charge is 0.467 e. The van der Waals surface area contributed by atoms with E-state index in [-0.39, 0.29) is 25.0 Å². The predicted molar refractivity (Wildman–Crippen MR) is 122 cm³/mol. The van der Waals surface area contributed by atoms with E-state index in [4.69, 9.17) is 4.42 Å². The highest BCUT2D eigenvalue weighted by Gasteiger charge is 2.20. The van der Waals surface area contributed by atoms with Gasteiger partial charge >= 0.3 is 6.03 Å². The van der Waals surface area contributed by atoms with Gasteiger partial charge in [0.1, 0.15) is 11.6 Å². The minimum atomic E-state index is -0.404. The Hall–Kier alpha value is -3.81. The average molecular weight is 439 g/mol. The second-order valence-corrected chi connectivity index (χ2v) is 7.47. The molecule has 8 heteroatoms. The number of furan rings is 1. The first-order valence-corrected chi connectivity index (χ1v) is 10.3. The van der Waals surface area contributed by atoms with Crippen molar-refractivity contribution in [2.24, 2.45) is 0 Å². The van der Waals surface area contributed by atoms with Crippen LogP contribution in [0.25, 0.3) is 0 Å². The van der Waals surface area contributed by atoms with Gasteiger partial charge in [0.05, 0.1) is 12.8 Å². The van der Waals surface area contributed by atoms with Crippen LogP contribution < -0.4 is 15.5 Å². The molecule has 0 radical (unpaired) electrons. The Morgan fingerprint density at radius 3 is 2.41 bits per heavy atom. The van der Waals surface area contributed by atoms with E-state index < -0.39 is 5.82 Å². The van der Waals surface area contributed by atoms with Gasteiger partial charge in [-0.3, -0.25) is 4.79 Å². The van der Waals surface area contributed by atoms with Crippen molar-refractivity contribution in [2.75, 3.05) is 30.9 Å². The molecule has 168 valence electrons. The number of hydrogen-bond acceptors (Lipinski definition) is 4. The van der Waals surface area contributed by atoms with E-state index in [2.05, 4.69) is 10.6 Å². The standard InChI is InChI=1S/C24H27FN4O3/c1-4-26-24(31)27-20-11-12-22(28(2)3)18(14-20)15-29(16-21-6-5-13-32-21)23(30)17-7-9-19(25)10-8-17/h5-14H,4,15-16H2,1-3H3,(H2,26,27,31). The molecule has 0 bridgehead atoms. The highest BCUT2D eigenvalue weighted by atomic mass is 19.1. The van der Waals surface area contributed by atoms with E-state index >= 15 is 0 Å². The van der Waals surface area contributed by atoms with Crippen LogP contribution in [-0.4, -0.2) is 37.5 Å². The van der Waals surface area contributed by atoms with E-state index in [9.17, 15) is 14.0 Å². The van der Waals surface area contributed by atoms with E-state index in [1.165, 1.54) is 24.3 Å². The van der Waals surface area contributed by atoms with Crippen LogP contribution in [0.1, 0.15) is 28.6 Å². The molecule has 0 atom stereocenters. The summed E-state index contributed by atoms with van der Waals surface area (Å²) < 4.78 is 18.8. The molecule has 32 heavy (non-hydrogen) atoms. The van der Waals surface area contributed by atoms with Gasteiger partial charge in [-0.15, -0.1) is 0 Å². The zero-order chi connectivity index (χ0) is 23.1. The third kappa shape index (κ3) is 5.87. The predicted octanol–water partition coefficient (Wildman–Crippen LogP) is 4.47. The maximum absolute atomic E-state index is 13.4. The van der Waals surface area contributed by atoms with E-state index in [0.717, 1.165) is 11.3 Å². The lowest BCUT2D eigenvalue weighted by Gasteiger charge is -2.26. The summed E-state index contributed by atoms with van der Waals surface area (Å²) in [7, 11) is 3.82. The number of hydrogen-bond donors (Lipinski definition) is 2. The first-order valence-electron chi connectivity index (χ1n) is 10.3. The van der Waals surface area contributed by atoms with Crippen molar-refractivity contribution >= 4 is 23.3 Å². The number of carbonyl (C=O) groups excluding carboxylic acids is 2. The topological polar surface area (TPSA) is 77.8 Å². The van der Waals surface area contributed by atoms with Crippen LogP contribution in [0, 0.1) is 5.82 Å². The average Bonchev–Trinajstić information content (AvgIpc) is 3.26. The second kappa shape index (κ2) is 10.5. The van der Waals surface area contributed by atoms with Gasteiger partial charge in [-0.2, -0.15) is 0 Å². The lowest BCUT2D eigenvalue weighted by Crippen LogP contribution is -2.31. The quantitative estimate of drug-likeness (QED) is 0.544. The number of carbonyl (C=O) groups is 2. The first-order chi connectivity index (χ1) is 15.4. The lowest BCUT2D eigenvalue weighted by molar-refractivity contribution is 0.0718. The molecule has 2 aromatic carbocycles. The highest BCUT2D eigenvalue weighted by Crippen LogP contribution is 2.26. The number of anilines is 2. The van der Waals surface area contributed by atoms with Gasteiger partial charge in [0.15, 0.2) is 0 Å². The Bertz CT molecular complexity index is 1050. The zero-order valence-electron chi connectivity index (χ0n) is 18.4. The van der Waals surface area contributed by atoms with Gasteiger partial charge in [-0.25, -0.2) is 9.18 Å². The number of rotatable bonds is 8. The SMILES string of the molecule is CCNC(=O)Nc1ccc(N(C)C)c(CN(Cc2ccco2)C(=O)c2ccc(F)cc2)c1. The first kappa shape index (κ1) is 22.9. The second-order valence-electron chi connectivity index (χ2n) is 7.47. The molecular weight excluding hydrogens is 411 g/mol. The molecule has 1 heterocycles. The molecule has 0 aliphatic rings. The fourth-order valence-corrected chi connectivity index (χ4v) is 3.33. The Morgan fingerprint density at radius 2 is 1.78 bits per heavy atom. The van der Waals surface area contributed by atoms with Gasteiger partial charge in [0, 0.05) is 44.1 Å². The molecule has 1 aromatic heterocycles. The molecule has 0 saturated carbocycles. The van der Waals surface area contributed by atoms with Crippen LogP contribution in [0.2, 0.25) is 0 Å². The summed E-state index contributed by atoms with van der Waals surface area (Å²) in [5, 5.41) is 5.50. The van der Waals surface area contributed by atoms with Crippen molar-refractivity contribution in [3.63, 3.8) is 0 Å². The highest BCUT2D eigenvalue weighted by molar-refractivity contribution is 5.94. The summed E-state index contributed by atoms with van der Waals surface area (Å²) in [5.41, 5.74) is 2.74. The van der Waals surface area contributed by atoms with Crippen LogP contribution in [0.4, 0.5) is 20.6 Å². The van der Waals surface area contributed by atoms with Gasteiger partial charge in [0.25, 0.3) is 5.91 Å². The number of halogens is 1. The van der Waals surface area contributed by atoms with Gasteiger partial charge in [0.2, 0.25) is 0 Å². The number of urea groups is 1. The molecule has 3 aromatic rings. The number of benzene rings is 2. The Morgan fingerprint density at radius 1 is 1.03 bits per heavy atom. The zero-order valence-corrected chi connectivity index (χ0v) is 18.4. The molecule has 0 aliphatic carbocycles. The summed E-state index contributed by atoms with van der Waals surface area (Å²) in [4.78, 5) is 28.8. The molecule has 2 N–H and O–H groups in total. The summed E-state index contributed by atoms with van der Waals surface area (Å²) in [6.45, 7) is 2.85. The van der Waals surface area contributed by atoms with Crippen LogP contribution in [0.3, 0.4) is 0 Å². The molecule has 3 rings (SSSR count). The van der Waals surface area contributed by atoms with Crippen molar-refractivity contribution in [2.45, 2.75) is 20.0 Å².